The van der Waals surface area contributed by atoms with Gasteiger partial charge >= 0.3 is 0 Å². The fourth-order valence-corrected chi connectivity index (χ4v) is 2.48. The molecular weight excluding hydrogens is 231 g/mol. The van der Waals surface area contributed by atoms with Crippen LogP contribution in [-0.4, -0.2) is 5.78 Å². The van der Waals surface area contributed by atoms with Crippen LogP contribution in [0.2, 0.25) is 10.0 Å². The summed E-state index contributed by atoms with van der Waals surface area (Å²) in [5.41, 5.74) is 0.580. The smallest absolute Gasteiger partial charge is 0.167 e. The van der Waals surface area contributed by atoms with Crippen molar-refractivity contribution in [3.05, 3.63) is 33.8 Å². The quantitative estimate of drug-likeness (QED) is 0.705. The maximum absolute atomic E-state index is 12.1. The number of Topliss-reactive ketones (excluding diaryl/α,β-unsaturated/α-hetero) is 1. The zero-order valence-corrected chi connectivity index (χ0v) is 9.81. The Balaban J connectivity index is 2.27. The van der Waals surface area contributed by atoms with E-state index in [0.717, 1.165) is 25.7 Å². The van der Waals surface area contributed by atoms with Gasteiger partial charge in [0.25, 0.3) is 0 Å². The van der Waals surface area contributed by atoms with Gasteiger partial charge in [0.15, 0.2) is 5.78 Å². The largest absolute Gasteiger partial charge is 0.294 e. The van der Waals surface area contributed by atoms with Crippen LogP contribution in [0.1, 0.15) is 36.0 Å². The average Bonchev–Trinajstić information content (AvgIpc) is 2.74. The molecule has 0 atom stereocenters. The molecule has 0 amide bonds. The van der Waals surface area contributed by atoms with Gasteiger partial charge in [-0.2, -0.15) is 0 Å². The van der Waals surface area contributed by atoms with Crippen molar-refractivity contribution in [3.63, 3.8) is 0 Å². The van der Waals surface area contributed by atoms with Crippen LogP contribution in [0, 0.1) is 5.92 Å². The summed E-state index contributed by atoms with van der Waals surface area (Å²) < 4.78 is 0. The minimum Gasteiger partial charge on any atom is -0.294 e. The van der Waals surface area contributed by atoms with Crippen LogP contribution in [0.4, 0.5) is 0 Å². The zero-order chi connectivity index (χ0) is 10.8. The topological polar surface area (TPSA) is 17.1 Å². The number of hydrogen-bond acceptors (Lipinski definition) is 1. The number of halogens is 2. The molecule has 0 heterocycles. The van der Waals surface area contributed by atoms with Crippen molar-refractivity contribution in [2.24, 2.45) is 5.92 Å². The molecule has 0 bridgehead atoms. The third kappa shape index (κ3) is 2.35. The second-order valence-corrected chi connectivity index (χ2v) is 4.81. The molecule has 1 aliphatic carbocycles. The summed E-state index contributed by atoms with van der Waals surface area (Å²) in [6, 6.07) is 5.06. The molecule has 80 valence electrons. The van der Waals surface area contributed by atoms with Crippen molar-refractivity contribution in [2.45, 2.75) is 25.7 Å². The molecule has 0 saturated heterocycles. The Morgan fingerprint density at radius 3 is 2.53 bits per heavy atom. The number of carbonyl (C=O) groups excluding carboxylic acids is 1. The van der Waals surface area contributed by atoms with E-state index in [1.807, 2.05) is 0 Å². The van der Waals surface area contributed by atoms with E-state index < -0.39 is 0 Å². The normalized spacial score (nSPS) is 16.9. The lowest BCUT2D eigenvalue weighted by molar-refractivity contribution is 0.0923. The Kier molecular flexibility index (Phi) is 3.32. The van der Waals surface area contributed by atoms with Gasteiger partial charge in [-0.25, -0.2) is 0 Å². The van der Waals surface area contributed by atoms with E-state index in [9.17, 15) is 4.79 Å². The molecule has 1 aromatic rings. The molecule has 0 N–H and O–H groups in total. The molecule has 0 spiro atoms. The maximum atomic E-state index is 12.1. The van der Waals surface area contributed by atoms with Crippen LogP contribution in [0.25, 0.3) is 0 Å². The van der Waals surface area contributed by atoms with E-state index in [4.69, 9.17) is 23.2 Å². The Morgan fingerprint density at radius 2 is 1.87 bits per heavy atom. The SMILES string of the molecule is O=C(c1cc(Cl)ccc1Cl)C1CCCC1. The van der Waals surface area contributed by atoms with Crippen LogP contribution in [0.5, 0.6) is 0 Å². The lowest BCUT2D eigenvalue weighted by atomic mass is 9.96. The van der Waals surface area contributed by atoms with Crippen molar-refractivity contribution >= 4 is 29.0 Å². The standard InChI is InChI=1S/C12H12Cl2O/c13-9-5-6-11(14)10(7-9)12(15)8-3-1-2-4-8/h5-8H,1-4H2. The van der Waals surface area contributed by atoms with Crippen molar-refractivity contribution < 1.29 is 4.79 Å². The van der Waals surface area contributed by atoms with Gasteiger partial charge in [0.1, 0.15) is 0 Å². The van der Waals surface area contributed by atoms with Crippen LogP contribution < -0.4 is 0 Å². The number of ketones is 1. The number of hydrogen-bond donors (Lipinski definition) is 0. The highest BCUT2D eigenvalue weighted by Gasteiger charge is 2.25. The Morgan fingerprint density at radius 1 is 1.20 bits per heavy atom. The Labute approximate surface area is 99.4 Å². The van der Waals surface area contributed by atoms with Gasteiger partial charge in [-0.1, -0.05) is 36.0 Å². The molecule has 1 nitrogen and oxygen atoms in total. The van der Waals surface area contributed by atoms with Gasteiger partial charge < -0.3 is 0 Å². The van der Waals surface area contributed by atoms with Gasteiger partial charge in [0, 0.05) is 16.5 Å². The summed E-state index contributed by atoms with van der Waals surface area (Å²) in [5.74, 6) is 0.306. The highest BCUT2D eigenvalue weighted by atomic mass is 35.5. The minimum absolute atomic E-state index is 0.153. The fraction of sp³-hybridized carbons (Fsp3) is 0.417. The molecule has 0 unspecified atom stereocenters. The Hall–Kier alpha value is -0.530. The van der Waals surface area contributed by atoms with Gasteiger partial charge in [-0.3, -0.25) is 4.79 Å². The monoisotopic (exact) mass is 242 g/mol. The van der Waals surface area contributed by atoms with Crippen LogP contribution >= 0.6 is 23.2 Å². The predicted octanol–water partition coefficient (Wildman–Crippen LogP) is 4.37. The van der Waals surface area contributed by atoms with E-state index >= 15 is 0 Å². The molecule has 1 aromatic carbocycles. The zero-order valence-electron chi connectivity index (χ0n) is 8.30. The van der Waals surface area contributed by atoms with Gasteiger partial charge in [0.2, 0.25) is 0 Å². The lowest BCUT2D eigenvalue weighted by Gasteiger charge is -2.09. The third-order valence-corrected chi connectivity index (χ3v) is 3.48. The number of carbonyl (C=O) groups is 1. The lowest BCUT2D eigenvalue weighted by Crippen LogP contribution is -2.11. The molecule has 15 heavy (non-hydrogen) atoms. The van der Waals surface area contributed by atoms with Crippen LogP contribution in [0.15, 0.2) is 18.2 Å². The van der Waals surface area contributed by atoms with Crippen molar-refractivity contribution in [3.8, 4) is 0 Å². The summed E-state index contributed by atoms with van der Waals surface area (Å²) in [6.07, 6.45) is 4.27. The summed E-state index contributed by atoms with van der Waals surface area (Å²) >= 11 is 11.8. The first-order valence-electron chi connectivity index (χ1n) is 5.18. The van der Waals surface area contributed by atoms with Crippen LogP contribution in [0.3, 0.4) is 0 Å². The molecular formula is C12H12Cl2O. The maximum Gasteiger partial charge on any atom is 0.167 e. The third-order valence-electron chi connectivity index (χ3n) is 2.92. The van der Waals surface area contributed by atoms with Crippen LogP contribution in [-0.2, 0) is 0 Å². The number of rotatable bonds is 2. The van der Waals surface area contributed by atoms with E-state index in [-0.39, 0.29) is 11.7 Å². The highest BCUT2D eigenvalue weighted by molar-refractivity contribution is 6.36. The van der Waals surface area contributed by atoms with Crippen molar-refractivity contribution in [2.75, 3.05) is 0 Å². The summed E-state index contributed by atoms with van der Waals surface area (Å²) in [7, 11) is 0. The molecule has 0 aliphatic heterocycles. The number of benzene rings is 1. The van der Waals surface area contributed by atoms with Crippen molar-refractivity contribution in [1.82, 2.24) is 0 Å². The second-order valence-electron chi connectivity index (χ2n) is 3.97. The fourth-order valence-electron chi connectivity index (χ4n) is 2.09. The summed E-state index contributed by atoms with van der Waals surface area (Å²) in [5, 5.41) is 1.08. The molecule has 0 aromatic heterocycles. The highest BCUT2D eigenvalue weighted by Crippen LogP contribution is 2.31. The van der Waals surface area contributed by atoms with Gasteiger partial charge in [-0.05, 0) is 31.0 Å². The summed E-state index contributed by atoms with van der Waals surface area (Å²) in [4.78, 5) is 12.1. The second kappa shape index (κ2) is 4.54. The Bertz CT molecular complexity index is 381. The van der Waals surface area contributed by atoms with Gasteiger partial charge in [0.05, 0.1) is 5.02 Å². The van der Waals surface area contributed by atoms with E-state index in [1.54, 1.807) is 18.2 Å². The van der Waals surface area contributed by atoms with Crippen molar-refractivity contribution in [1.29, 1.82) is 0 Å². The first-order valence-corrected chi connectivity index (χ1v) is 5.93. The average molecular weight is 243 g/mol. The molecule has 1 aliphatic rings. The first-order chi connectivity index (χ1) is 7.18. The predicted molar refractivity (Wildman–Crippen MR) is 62.8 cm³/mol. The molecule has 1 saturated carbocycles. The molecule has 0 radical (unpaired) electrons. The van der Waals surface area contributed by atoms with E-state index in [2.05, 4.69) is 0 Å². The minimum atomic E-state index is 0.153. The molecule has 1 fully saturated rings. The molecule has 2 rings (SSSR count). The van der Waals surface area contributed by atoms with E-state index in [0.29, 0.717) is 15.6 Å². The molecule has 3 heteroatoms. The van der Waals surface area contributed by atoms with Gasteiger partial charge in [-0.15, -0.1) is 0 Å². The first kappa shape index (κ1) is 11.0. The van der Waals surface area contributed by atoms with E-state index in [1.165, 1.54) is 0 Å². The summed E-state index contributed by atoms with van der Waals surface area (Å²) in [6.45, 7) is 0.